The van der Waals surface area contributed by atoms with Crippen LogP contribution in [0, 0.1) is 0 Å². The number of hydrogen-bond acceptors (Lipinski definition) is 6. The minimum absolute atomic E-state index is 0.00623. The van der Waals surface area contributed by atoms with Gasteiger partial charge in [-0.3, -0.25) is 0 Å². The van der Waals surface area contributed by atoms with Crippen LogP contribution in [0.3, 0.4) is 0 Å². The van der Waals surface area contributed by atoms with Crippen molar-refractivity contribution < 1.29 is 9.15 Å². The molecule has 19 heavy (non-hydrogen) atoms. The van der Waals surface area contributed by atoms with Crippen LogP contribution < -0.4 is 15.4 Å². The maximum Gasteiger partial charge on any atom is 0.204 e. The number of rotatable bonds is 6. The second kappa shape index (κ2) is 6.08. The molecule has 6 nitrogen and oxygen atoms in total. The Bertz CT molecular complexity index is 513. The zero-order valence-electron chi connectivity index (χ0n) is 11.3. The van der Waals surface area contributed by atoms with Gasteiger partial charge < -0.3 is 19.8 Å². The summed E-state index contributed by atoms with van der Waals surface area (Å²) in [6.07, 6.45) is 3.15. The molecular formula is C13H18N4O2. The van der Waals surface area contributed by atoms with Gasteiger partial charge in [0, 0.05) is 6.54 Å². The first kappa shape index (κ1) is 13.2. The summed E-state index contributed by atoms with van der Waals surface area (Å²) in [5, 5.41) is 6.39. The maximum atomic E-state index is 5.37. The highest BCUT2D eigenvalue weighted by molar-refractivity contribution is 5.63. The summed E-state index contributed by atoms with van der Waals surface area (Å²) >= 11 is 0. The number of furan rings is 1. The summed E-state index contributed by atoms with van der Waals surface area (Å²) in [5.41, 5.74) is 0. The molecular weight excluding hydrogens is 244 g/mol. The average Bonchev–Trinajstić information content (AvgIpc) is 2.93. The Morgan fingerprint density at radius 3 is 2.79 bits per heavy atom. The van der Waals surface area contributed by atoms with E-state index in [1.165, 1.54) is 6.33 Å². The Morgan fingerprint density at radius 1 is 1.37 bits per heavy atom. The summed E-state index contributed by atoms with van der Waals surface area (Å²) in [6, 6.07) is 3.76. The normalized spacial score (nSPS) is 11.9. The smallest absolute Gasteiger partial charge is 0.204 e. The van der Waals surface area contributed by atoms with E-state index in [1.54, 1.807) is 13.4 Å². The Labute approximate surface area is 112 Å². The van der Waals surface area contributed by atoms with Gasteiger partial charge in [0.05, 0.1) is 19.4 Å². The Hall–Kier alpha value is -2.24. The van der Waals surface area contributed by atoms with Crippen LogP contribution in [0.1, 0.15) is 25.6 Å². The zero-order chi connectivity index (χ0) is 13.7. The van der Waals surface area contributed by atoms with Gasteiger partial charge in [-0.05, 0) is 26.0 Å². The van der Waals surface area contributed by atoms with E-state index < -0.39 is 0 Å². The van der Waals surface area contributed by atoms with Crippen LogP contribution in [0.15, 0.2) is 29.1 Å². The second-order valence-corrected chi connectivity index (χ2v) is 4.02. The fourth-order valence-electron chi connectivity index (χ4n) is 1.78. The SMILES string of the molecule is CCNc1ncnc(NC(C)c2ccco2)c1OC. The lowest BCUT2D eigenvalue weighted by Crippen LogP contribution is -2.11. The van der Waals surface area contributed by atoms with Crippen molar-refractivity contribution in [3.63, 3.8) is 0 Å². The largest absolute Gasteiger partial charge is 0.490 e. The molecule has 2 aromatic heterocycles. The highest BCUT2D eigenvalue weighted by Crippen LogP contribution is 2.31. The average molecular weight is 262 g/mol. The van der Waals surface area contributed by atoms with Crippen LogP contribution in [0.25, 0.3) is 0 Å². The number of aromatic nitrogens is 2. The van der Waals surface area contributed by atoms with Crippen molar-refractivity contribution >= 4 is 11.6 Å². The molecule has 2 aromatic rings. The standard InChI is InChI=1S/C13H18N4O2/c1-4-14-12-11(18-3)13(16-8-15-12)17-9(2)10-6-5-7-19-10/h5-9H,4H2,1-3H3,(H2,14,15,16,17). The number of nitrogens with one attached hydrogen (secondary N) is 2. The van der Waals surface area contributed by atoms with Crippen molar-refractivity contribution in [2.75, 3.05) is 24.3 Å². The fraction of sp³-hybridized carbons (Fsp3) is 0.385. The summed E-state index contributed by atoms with van der Waals surface area (Å²) in [5.74, 6) is 2.75. The Morgan fingerprint density at radius 2 is 2.16 bits per heavy atom. The monoisotopic (exact) mass is 262 g/mol. The van der Waals surface area contributed by atoms with Gasteiger partial charge in [0.1, 0.15) is 12.1 Å². The molecule has 0 aliphatic carbocycles. The number of ether oxygens (including phenoxy) is 1. The molecule has 102 valence electrons. The van der Waals surface area contributed by atoms with Crippen molar-refractivity contribution in [1.82, 2.24) is 9.97 Å². The minimum atomic E-state index is -0.00623. The molecule has 0 bridgehead atoms. The van der Waals surface area contributed by atoms with E-state index in [1.807, 2.05) is 26.0 Å². The van der Waals surface area contributed by atoms with Crippen molar-refractivity contribution in [1.29, 1.82) is 0 Å². The van der Waals surface area contributed by atoms with Gasteiger partial charge in [-0.15, -0.1) is 0 Å². The first-order valence-electron chi connectivity index (χ1n) is 6.19. The summed E-state index contributed by atoms with van der Waals surface area (Å²) in [7, 11) is 1.60. The molecule has 0 saturated heterocycles. The number of anilines is 2. The molecule has 2 heterocycles. The highest BCUT2D eigenvalue weighted by atomic mass is 16.5. The van der Waals surface area contributed by atoms with Gasteiger partial charge in [0.25, 0.3) is 0 Å². The molecule has 0 saturated carbocycles. The highest BCUT2D eigenvalue weighted by Gasteiger charge is 2.15. The summed E-state index contributed by atoms with van der Waals surface area (Å²) in [4.78, 5) is 8.37. The number of methoxy groups -OCH3 is 1. The summed E-state index contributed by atoms with van der Waals surface area (Å²) < 4.78 is 10.7. The molecule has 0 spiro atoms. The Balaban J connectivity index is 2.22. The third-order valence-corrected chi connectivity index (χ3v) is 2.68. The van der Waals surface area contributed by atoms with E-state index in [4.69, 9.17) is 9.15 Å². The third kappa shape index (κ3) is 2.96. The number of nitrogens with zero attached hydrogens (tertiary/aromatic N) is 2. The van der Waals surface area contributed by atoms with Crippen LogP contribution in [-0.4, -0.2) is 23.6 Å². The van der Waals surface area contributed by atoms with Crippen LogP contribution >= 0.6 is 0 Å². The molecule has 0 radical (unpaired) electrons. The summed E-state index contributed by atoms with van der Waals surface area (Å²) in [6.45, 7) is 4.76. The molecule has 2 rings (SSSR count). The van der Waals surface area contributed by atoms with E-state index in [0.717, 1.165) is 12.3 Å². The van der Waals surface area contributed by atoms with E-state index in [-0.39, 0.29) is 6.04 Å². The van der Waals surface area contributed by atoms with E-state index in [9.17, 15) is 0 Å². The first-order chi connectivity index (χ1) is 9.26. The van der Waals surface area contributed by atoms with Crippen molar-refractivity contribution in [3.8, 4) is 5.75 Å². The maximum absolute atomic E-state index is 5.37. The fourth-order valence-corrected chi connectivity index (χ4v) is 1.78. The molecule has 0 aliphatic heterocycles. The molecule has 0 amide bonds. The third-order valence-electron chi connectivity index (χ3n) is 2.68. The Kier molecular flexibility index (Phi) is 4.22. The van der Waals surface area contributed by atoms with Crippen LogP contribution in [0.4, 0.5) is 11.6 Å². The van der Waals surface area contributed by atoms with Crippen LogP contribution in [0.2, 0.25) is 0 Å². The molecule has 2 N–H and O–H groups in total. The predicted octanol–water partition coefficient (Wildman–Crippen LogP) is 2.68. The molecule has 1 unspecified atom stereocenters. The number of hydrogen-bond donors (Lipinski definition) is 2. The lowest BCUT2D eigenvalue weighted by Gasteiger charge is -2.16. The quantitative estimate of drug-likeness (QED) is 0.834. The first-order valence-corrected chi connectivity index (χ1v) is 6.19. The van der Waals surface area contributed by atoms with Gasteiger partial charge in [-0.25, -0.2) is 9.97 Å². The van der Waals surface area contributed by atoms with Gasteiger partial charge in [0.2, 0.25) is 5.75 Å². The van der Waals surface area contributed by atoms with Crippen molar-refractivity contribution in [2.24, 2.45) is 0 Å². The topological polar surface area (TPSA) is 72.2 Å². The van der Waals surface area contributed by atoms with E-state index >= 15 is 0 Å². The molecule has 6 heteroatoms. The van der Waals surface area contributed by atoms with Gasteiger partial charge >= 0.3 is 0 Å². The predicted molar refractivity (Wildman–Crippen MR) is 73.5 cm³/mol. The molecule has 0 aromatic carbocycles. The second-order valence-electron chi connectivity index (χ2n) is 4.02. The molecule has 0 aliphatic rings. The van der Waals surface area contributed by atoms with Crippen molar-refractivity contribution in [2.45, 2.75) is 19.9 Å². The van der Waals surface area contributed by atoms with Crippen molar-refractivity contribution in [3.05, 3.63) is 30.5 Å². The zero-order valence-corrected chi connectivity index (χ0v) is 11.3. The van der Waals surface area contributed by atoms with E-state index in [2.05, 4.69) is 20.6 Å². The lowest BCUT2D eigenvalue weighted by atomic mass is 10.2. The lowest BCUT2D eigenvalue weighted by molar-refractivity contribution is 0.413. The molecule has 0 fully saturated rings. The van der Waals surface area contributed by atoms with Crippen LogP contribution in [0.5, 0.6) is 5.75 Å². The van der Waals surface area contributed by atoms with Gasteiger partial charge in [0.15, 0.2) is 11.6 Å². The van der Waals surface area contributed by atoms with Gasteiger partial charge in [-0.2, -0.15) is 0 Å². The van der Waals surface area contributed by atoms with E-state index in [0.29, 0.717) is 17.4 Å². The molecule has 1 atom stereocenters. The van der Waals surface area contributed by atoms with Crippen LogP contribution in [-0.2, 0) is 0 Å². The van der Waals surface area contributed by atoms with Gasteiger partial charge in [-0.1, -0.05) is 0 Å². The minimum Gasteiger partial charge on any atom is -0.490 e.